The number of carbonyl (C=O) groups is 1. The molecule has 340 valence electrons. The molecule has 2 aliphatic heterocycles. The molecule has 1 amide bonds. The SMILES string of the molecule is CCN(c1cc(C#N)cc2c(NCc3c(C)cc(C)[nH]c3=O)nccc12)C1CCOCC1.CCN(c1cc(C(N)=O)cc2c(NCc3c(C)cc(C)[nH]c3=O)nccc12)C1CCOCC1. The van der Waals surface area contributed by atoms with Crippen molar-refractivity contribution in [3.8, 4) is 6.07 Å². The molecule has 15 nitrogen and oxygen atoms in total. The lowest BCUT2D eigenvalue weighted by Crippen LogP contribution is -2.39. The molecule has 0 bridgehead atoms. The van der Waals surface area contributed by atoms with E-state index in [1.54, 1.807) is 18.5 Å². The number of benzene rings is 2. The minimum absolute atomic E-state index is 0.0923. The van der Waals surface area contributed by atoms with Crippen LogP contribution in [0.15, 0.2) is 70.5 Å². The number of primary amides is 1. The molecule has 0 saturated carbocycles. The van der Waals surface area contributed by atoms with Crippen molar-refractivity contribution in [3.63, 3.8) is 0 Å². The van der Waals surface area contributed by atoms with Gasteiger partial charge in [-0.3, -0.25) is 14.4 Å². The number of rotatable bonds is 13. The zero-order chi connectivity index (χ0) is 46.2. The summed E-state index contributed by atoms with van der Waals surface area (Å²) in [7, 11) is 0. The van der Waals surface area contributed by atoms with Crippen LogP contribution in [0.3, 0.4) is 0 Å². The van der Waals surface area contributed by atoms with Crippen molar-refractivity contribution < 1.29 is 14.3 Å². The van der Waals surface area contributed by atoms with Gasteiger partial charge in [0.1, 0.15) is 11.6 Å². The maximum absolute atomic E-state index is 12.5. The summed E-state index contributed by atoms with van der Waals surface area (Å²) in [4.78, 5) is 56.6. The van der Waals surface area contributed by atoms with Gasteiger partial charge in [-0.2, -0.15) is 5.26 Å². The average Bonchev–Trinajstić information content (AvgIpc) is 3.29. The number of aromatic amines is 2. The number of ether oxygens (including phenoxy) is 2. The Morgan fingerprint density at radius 2 is 1.15 bits per heavy atom. The number of nitrogens with one attached hydrogen (secondary N) is 4. The van der Waals surface area contributed by atoms with Crippen molar-refractivity contribution in [3.05, 3.63) is 126 Å². The number of hydrogen-bond acceptors (Lipinski definition) is 12. The standard InChI is InChI=1S/C25H31N5O3.C25H29N5O2/c1-4-30(18-6-9-33-10-7-18)22-13-17(23(26)31)12-20-19(22)5-8-27-24(20)28-14-21-15(2)11-16(3)29-25(21)32;1-4-30(19-6-9-32-10-7-19)23-13-18(14-26)12-21-20(23)5-8-27-24(21)28-15-22-16(2)11-17(3)29-25(22)31/h5,8,11-13,18H,4,6-7,9-10,14H2,1-3H3,(H2,26,31)(H,27,28)(H,29,32);5,8,11-13,19H,4,6-7,9-10,15H2,1-3H3,(H,27,28)(H,29,31). The second kappa shape index (κ2) is 20.8. The molecule has 0 atom stereocenters. The number of fused-ring (bicyclic) bond motifs is 2. The fraction of sp³-hybridized carbons (Fsp3) is 0.400. The Bertz CT molecular complexity index is 2840. The third-order valence-electron chi connectivity index (χ3n) is 12.5. The van der Waals surface area contributed by atoms with Gasteiger partial charge in [0.05, 0.1) is 11.6 Å². The zero-order valence-electron chi connectivity index (χ0n) is 38.3. The summed E-state index contributed by atoms with van der Waals surface area (Å²) in [5.74, 6) is 0.796. The van der Waals surface area contributed by atoms with Crippen LogP contribution in [0.2, 0.25) is 0 Å². The molecule has 0 aliphatic carbocycles. The molecule has 0 spiro atoms. The van der Waals surface area contributed by atoms with Gasteiger partial charge in [0.15, 0.2) is 0 Å². The third-order valence-corrected chi connectivity index (χ3v) is 12.5. The first-order valence-corrected chi connectivity index (χ1v) is 22.5. The van der Waals surface area contributed by atoms with Crippen LogP contribution in [0.1, 0.15) is 89.1 Å². The predicted molar refractivity (Wildman–Crippen MR) is 258 cm³/mol. The Kier molecular flexibility index (Phi) is 14.8. The first-order valence-electron chi connectivity index (χ1n) is 22.5. The number of amides is 1. The van der Waals surface area contributed by atoms with Crippen LogP contribution in [0, 0.1) is 39.0 Å². The predicted octanol–water partition coefficient (Wildman–Crippen LogP) is 7.29. The second-order valence-electron chi connectivity index (χ2n) is 16.8. The maximum Gasteiger partial charge on any atom is 0.253 e. The summed E-state index contributed by atoms with van der Waals surface area (Å²) >= 11 is 0. The number of anilines is 4. The highest BCUT2D eigenvalue weighted by atomic mass is 16.5. The molecule has 6 N–H and O–H groups in total. The highest BCUT2D eigenvalue weighted by Gasteiger charge is 2.25. The van der Waals surface area contributed by atoms with E-state index < -0.39 is 5.91 Å². The number of pyridine rings is 4. The van der Waals surface area contributed by atoms with E-state index in [-0.39, 0.29) is 11.1 Å². The molecule has 2 fully saturated rings. The monoisotopic (exact) mass is 880 g/mol. The topological polar surface area (TPSA) is 207 Å². The van der Waals surface area contributed by atoms with Crippen molar-refractivity contribution >= 4 is 50.5 Å². The average molecular weight is 881 g/mol. The maximum atomic E-state index is 12.5. The molecule has 8 rings (SSSR count). The van der Waals surface area contributed by atoms with Gasteiger partial charge in [0.25, 0.3) is 11.1 Å². The summed E-state index contributed by atoms with van der Waals surface area (Å²) in [6.07, 6.45) is 7.34. The summed E-state index contributed by atoms with van der Waals surface area (Å²) < 4.78 is 11.1. The van der Waals surface area contributed by atoms with Crippen molar-refractivity contribution in [1.82, 2.24) is 19.9 Å². The van der Waals surface area contributed by atoms with Crippen molar-refractivity contribution in [2.75, 3.05) is 60.0 Å². The first-order chi connectivity index (χ1) is 31.4. The number of carbonyl (C=O) groups excluding carboxylic acids is 1. The number of nitrogens with zero attached hydrogens (tertiary/aromatic N) is 5. The van der Waals surface area contributed by atoms with Gasteiger partial charge >= 0.3 is 0 Å². The molecular formula is C50H60N10O5. The highest BCUT2D eigenvalue weighted by molar-refractivity contribution is 6.06. The molecule has 6 heterocycles. The number of aromatic nitrogens is 4. The molecule has 4 aromatic heterocycles. The van der Waals surface area contributed by atoms with E-state index in [1.165, 1.54) is 0 Å². The number of hydrogen-bond donors (Lipinski definition) is 5. The first kappa shape index (κ1) is 46.2. The summed E-state index contributed by atoms with van der Waals surface area (Å²) in [5, 5.41) is 20.1. The summed E-state index contributed by atoms with van der Waals surface area (Å²) in [6, 6.07) is 18.4. The normalized spacial score (nSPS) is 14.4. The molecule has 6 aromatic rings. The number of H-pyrrole nitrogens is 2. The molecule has 0 unspecified atom stereocenters. The van der Waals surface area contributed by atoms with E-state index in [0.29, 0.717) is 59.1 Å². The molecular weight excluding hydrogens is 821 g/mol. The van der Waals surface area contributed by atoms with E-state index in [9.17, 15) is 19.6 Å². The Morgan fingerprint density at radius 1 is 0.708 bits per heavy atom. The smallest absolute Gasteiger partial charge is 0.253 e. The summed E-state index contributed by atoms with van der Waals surface area (Å²) in [6.45, 7) is 17.2. The Morgan fingerprint density at radius 3 is 1.57 bits per heavy atom. The van der Waals surface area contributed by atoms with E-state index in [0.717, 1.165) is 121 Å². The van der Waals surface area contributed by atoms with Crippen molar-refractivity contribution in [2.24, 2.45) is 5.73 Å². The van der Waals surface area contributed by atoms with Crippen LogP contribution in [-0.2, 0) is 22.6 Å². The third kappa shape index (κ3) is 10.5. The largest absolute Gasteiger partial charge is 0.381 e. The summed E-state index contributed by atoms with van der Waals surface area (Å²) in [5.41, 5.74) is 13.4. The number of nitrogens with two attached hydrogens (primary N) is 1. The van der Waals surface area contributed by atoms with Crippen molar-refractivity contribution in [2.45, 2.75) is 92.4 Å². The minimum Gasteiger partial charge on any atom is -0.381 e. The van der Waals surface area contributed by atoms with Gasteiger partial charge in [0.2, 0.25) is 5.91 Å². The van der Waals surface area contributed by atoms with E-state index in [1.807, 2.05) is 70.2 Å². The van der Waals surface area contributed by atoms with Crippen molar-refractivity contribution in [1.29, 1.82) is 5.26 Å². The second-order valence-corrected chi connectivity index (χ2v) is 16.8. The Labute approximate surface area is 379 Å². The lowest BCUT2D eigenvalue weighted by Gasteiger charge is -2.36. The fourth-order valence-electron chi connectivity index (χ4n) is 9.28. The molecule has 65 heavy (non-hydrogen) atoms. The van der Waals surface area contributed by atoms with E-state index in [4.69, 9.17) is 15.2 Å². The zero-order valence-corrected chi connectivity index (χ0v) is 38.3. The van der Waals surface area contributed by atoms with Gasteiger partial charge in [-0.15, -0.1) is 0 Å². The van der Waals surface area contributed by atoms with Gasteiger partial charge < -0.3 is 45.6 Å². The minimum atomic E-state index is -0.484. The van der Waals surface area contributed by atoms with Crippen LogP contribution in [0.4, 0.5) is 23.0 Å². The molecule has 2 aliphatic rings. The van der Waals surface area contributed by atoms with Crippen LogP contribution < -0.4 is 37.3 Å². The van der Waals surface area contributed by atoms with Crippen LogP contribution in [-0.4, -0.2) is 77.4 Å². The van der Waals surface area contributed by atoms with E-state index >= 15 is 0 Å². The molecule has 15 heteroatoms. The van der Waals surface area contributed by atoms with Gasteiger partial charge in [-0.25, -0.2) is 9.97 Å². The molecule has 2 aromatic carbocycles. The van der Waals surface area contributed by atoms with Gasteiger partial charge in [-0.05, 0) is 127 Å². The lowest BCUT2D eigenvalue weighted by molar-refractivity contribution is 0.0846. The number of aryl methyl sites for hydroxylation is 4. The Balaban J connectivity index is 0.000000194. The quantitative estimate of drug-likeness (QED) is 0.0776. The number of nitriles is 1. The highest BCUT2D eigenvalue weighted by Crippen LogP contribution is 2.36. The Hall–Kier alpha value is -6.76. The lowest BCUT2D eigenvalue weighted by atomic mass is 10.0. The van der Waals surface area contributed by atoms with Gasteiger partial charge in [0, 0.05) is 138 Å². The van der Waals surface area contributed by atoms with Crippen LogP contribution >= 0.6 is 0 Å². The fourth-order valence-corrected chi connectivity index (χ4v) is 9.28. The van der Waals surface area contributed by atoms with Gasteiger partial charge in [-0.1, -0.05) is 0 Å². The van der Waals surface area contributed by atoms with Crippen LogP contribution in [0.5, 0.6) is 0 Å². The molecule has 0 radical (unpaired) electrons. The van der Waals surface area contributed by atoms with Crippen LogP contribution in [0.25, 0.3) is 21.5 Å². The van der Waals surface area contributed by atoms with E-state index in [2.05, 4.69) is 60.3 Å². The molecule has 2 saturated heterocycles.